The summed E-state index contributed by atoms with van der Waals surface area (Å²) in [6.07, 6.45) is -0.353. The highest BCUT2D eigenvalue weighted by Gasteiger charge is 2.48. The molecule has 0 spiro atoms. The van der Waals surface area contributed by atoms with Gasteiger partial charge in [0.05, 0.1) is 6.61 Å². The van der Waals surface area contributed by atoms with Crippen LogP contribution in [0.1, 0.15) is 27.2 Å². The van der Waals surface area contributed by atoms with Crippen LogP contribution in [0.25, 0.3) is 0 Å². The third-order valence-electron chi connectivity index (χ3n) is 2.13. The van der Waals surface area contributed by atoms with Crippen molar-refractivity contribution in [1.29, 1.82) is 0 Å². The molecular weight excluding hydrogens is 319 g/mol. The average molecular weight is 343 g/mol. The zero-order chi connectivity index (χ0) is 14.6. The molecule has 18 heavy (non-hydrogen) atoms. The lowest BCUT2D eigenvalue weighted by Gasteiger charge is -2.33. The summed E-state index contributed by atoms with van der Waals surface area (Å²) in [4.78, 5) is 11.7. The van der Waals surface area contributed by atoms with E-state index in [9.17, 15) is 9.18 Å². The Kier molecular flexibility index (Phi) is 7.03. The standard InChI is InChI=1S/C12H24BrFO3Si/c1-7-16-11(15)12(13,14)10(8-9(2)3)17-18(4,5)6/h9-10H,7-8H2,1-6H3/t10-,12-/m1/s1. The van der Waals surface area contributed by atoms with Gasteiger partial charge in [0.1, 0.15) is 6.10 Å². The molecule has 108 valence electrons. The lowest BCUT2D eigenvalue weighted by Crippen LogP contribution is -2.48. The number of esters is 1. The first-order chi connectivity index (χ1) is 8.00. The number of halogens is 2. The molecule has 2 atom stereocenters. The molecule has 0 radical (unpaired) electrons. The number of rotatable bonds is 7. The van der Waals surface area contributed by atoms with Crippen LogP contribution in [0.4, 0.5) is 4.39 Å². The Bertz CT molecular complexity index is 277. The van der Waals surface area contributed by atoms with Crippen molar-refractivity contribution in [2.45, 2.75) is 57.5 Å². The molecule has 0 amide bonds. The minimum absolute atomic E-state index is 0.150. The fraction of sp³-hybridized carbons (Fsp3) is 0.917. The van der Waals surface area contributed by atoms with E-state index in [1.165, 1.54) is 0 Å². The third kappa shape index (κ3) is 6.29. The van der Waals surface area contributed by atoms with Crippen LogP contribution in [0.5, 0.6) is 0 Å². The lowest BCUT2D eigenvalue weighted by molar-refractivity contribution is -0.155. The highest BCUT2D eigenvalue weighted by molar-refractivity contribution is 9.10. The van der Waals surface area contributed by atoms with Gasteiger partial charge in [0.2, 0.25) is 0 Å². The molecule has 3 nitrogen and oxygen atoms in total. The van der Waals surface area contributed by atoms with Crippen molar-refractivity contribution in [3.63, 3.8) is 0 Å². The van der Waals surface area contributed by atoms with Gasteiger partial charge in [-0.05, 0) is 54.8 Å². The maximum atomic E-state index is 14.6. The maximum absolute atomic E-state index is 14.6. The number of hydrogen-bond acceptors (Lipinski definition) is 3. The normalized spacial score (nSPS) is 17.4. The van der Waals surface area contributed by atoms with Crippen molar-refractivity contribution in [2.75, 3.05) is 6.61 Å². The molecule has 0 saturated carbocycles. The Balaban J connectivity index is 4.98. The van der Waals surface area contributed by atoms with E-state index in [1.807, 2.05) is 33.5 Å². The minimum atomic E-state index is -2.27. The van der Waals surface area contributed by atoms with E-state index >= 15 is 0 Å². The van der Waals surface area contributed by atoms with E-state index in [1.54, 1.807) is 6.92 Å². The molecular formula is C12H24BrFO3Si. The first kappa shape index (κ1) is 18.1. The van der Waals surface area contributed by atoms with Crippen molar-refractivity contribution < 1.29 is 18.3 Å². The number of ether oxygens (including phenoxy) is 1. The fourth-order valence-corrected chi connectivity index (χ4v) is 3.16. The molecule has 0 aromatic rings. The zero-order valence-electron chi connectivity index (χ0n) is 12.0. The predicted octanol–water partition coefficient (Wildman–Crippen LogP) is 3.88. The molecule has 0 bridgehead atoms. The van der Waals surface area contributed by atoms with Crippen LogP contribution < -0.4 is 0 Å². The van der Waals surface area contributed by atoms with Gasteiger partial charge in [-0.15, -0.1) is 0 Å². The topological polar surface area (TPSA) is 35.5 Å². The quantitative estimate of drug-likeness (QED) is 0.400. The number of carbonyl (C=O) groups is 1. The molecule has 0 saturated heterocycles. The Hall–Kier alpha value is 0.0569. The number of carbonyl (C=O) groups excluding carboxylic acids is 1. The summed E-state index contributed by atoms with van der Waals surface area (Å²) < 4.78 is 22.9. The van der Waals surface area contributed by atoms with Gasteiger partial charge in [0.15, 0.2) is 8.32 Å². The second-order valence-electron chi connectivity index (χ2n) is 5.69. The van der Waals surface area contributed by atoms with Gasteiger partial charge in [-0.25, -0.2) is 9.18 Å². The van der Waals surface area contributed by atoms with Crippen LogP contribution in [-0.2, 0) is 14.0 Å². The molecule has 0 aliphatic rings. The summed E-state index contributed by atoms with van der Waals surface area (Å²) in [5.41, 5.74) is 0. The van der Waals surface area contributed by atoms with Crippen LogP contribution in [0.3, 0.4) is 0 Å². The van der Waals surface area contributed by atoms with Crippen LogP contribution >= 0.6 is 15.9 Å². The van der Waals surface area contributed by atoms with Gasteiger partial charge in [-0.2, -0.15) is 0 Å². The van der Waals surface area contributed by atoms with Crippen LogP contribution in [0.15, 0.2) is 0 Å². The number of hydrogen-bond donors (Lipinski definition) is 0. The highest BCUT2D eigenvalue weighted by atomic mass is 79.9. The molecule has 0 aromatic heterocycles. The van der Waals surface area contributed by atoms with Gasteiger partial charge < -0.3 is 9.16 Å². The second-order valence-corrected chi connectivity index (χ2v) is 11.3. The summed E-state index contributed by atoms with van der Waals surface area (Å²) in [5.74, 6) is -0.678. The summed E-state index contributed by atoms with van der Waals surface area (Å²) in [6, 6.07) is 0. The van der Waals surface area contributed by atoms with Crippen LogP contribution in [0.2, 0.25) is 19.6 Å². The van der Waals surface area contributed by atoms with Crippen LogP contribution in [0, 0.1) is 5.92 Å². The lowest BCUT2D eigenvalue weighted by atomic mass is 10.0. The van der Waals surface area contributed by atoms with E-state index < -0.39 is 25.0 Å². The van der Waals surface area contributed by atoms with Crippen LogP contribution in [-0.4, -0.2) is 31.6 Å². The zero-order valence-corrected chi connectivity index (χ0v) is 14.6. The molecule has 0 fully saturated rings. The molecule has 0 N–H and O–H groups in total. The Morgan fingerprint density at radius 2 is 1.89 bits per heavy atom. The largest absolute Gasteiger partial charge is 0.463 e. The summed E-state index contributed by atoms with van der Waals surface area (Å²) in [5, 5.41) is 0. The van der Waals surface area contributed by atoms with Gasteiger partial charge in [-0.1, -0.05) is 13.8 Å². The van der Waals surface area contributed by atoms with E-state index in [4.69, 9.17) is 9.16 Å². The van der Waals surface area contributed by atoms with E-state index in [0.717, 1.165) is 0 Å². The predicted molar refractivity (Wildman–Crippen MR) is 77.1 cm³/mol. The summed E-state index contributed by atoms with van der Waals surface area (Å²) >= 11 is 2.85. The first-order valence-electron chi connectivity index (χ1n) is 6.23. The number of alkyl halides is 2. The molecule has 0 heterocycles. The summed E-state index contributed by atoms with van der Waals surface area (Å²) in [7, 11) is -1.94. The van der Waals surface area contributed by atoms with E-state index in [2.05, 4.69) is 15.9 Å². The first-order valence-corrected chi connectivity index (χ1v) is 10.4. The highest BCUT2D eigenvalue weighted by Crippen LogP contribution is 2.34. The van der Waals surface area contributed by atoms with Crippen molar-refractivity contribution in [3.05, 3.63) is 0 Å². The van der Waals surface area contributed by atoms with Crippen molar-refractivity contribution in [3.8, 4) is 0 Å². The molecule has 0 aliphatic carbocycles. The average Bonchev–Trinajstić information content (AvgIpc) is 2.14. The van der Waals surface area contributed by atoms with Gasteiger partial charge in [0.25, 0.3) is 4.58 Å². The Labute approximate surface area is 119 Å². The molecule has 0 aromatic carbocycles. The van der Waals surface area contributed by atoms with E-state index in [-0.39, 0.29) is 12.5 Å². The second kappa shape index (κ2) is 7.00. The smallest absolute Gasteiger partial charge is 0.357 e. The third-order valence-corrected chi connectivity index (χ3v) is 3.96. The van der Waals surface area contributed by atoms with Crippen molar-refractivity contribution in [1.82, 2.24) is 0 Å². The van der Waals surface area contributed by atoms with Gasteiger partial charge >= 0.3 is 5.97 Å². The molecule has 6 heteroatoms. The van der Waals surface area contributed by atoms with Crippen molar-refractivity contribution in [2.24, 2.45) is 5.92 Å². The molecule has 0 rings (SSSR count). The Morgan fingerprint density at radius 1 is 1.39 bits per heavy atom. The Morgan fingerprint density at radius 3 is 2.22 bits per heavy atom. The maximum Gasteiger partial charge on any atom is 0.357 e. The molecule has 0 aliphatic heterocycles. The SMILES string of the molecule is CCOC(=O)[C@@](F)(Br)[C@@H](CC(C)C)O[Si](C)(C)C. The fourth-order valence-electron chi connectivity index (χ4n) is 1.48. The van der Waals surface area contributed by atoms with E-state index in [0.29, 0.717) is 6.42 Å². The van der Waals surface area contributed by atoms with Gasteiger partial charge in [-0.3, -0.25) is 0 Å². The minimum Gasteiger partial charge on any atom is -0.463 e. The summed E-state index contributed by atoms with van der Waals surface area (Å²) in [6.45, 7) is 11.6. The van der Waals surface area contributed by atoms with Gasteiger partial charge in [0, 0.05) is 0 Å². The van der Waals surface area contributed by atoms with Crippen molar-refractivity contribution >= 4 is 30.2 Å². The monoisotopic (exact) mass is 342 g/mol. The molecule has 0 unspecified atom stereocenters.